The molecule has 2 aliphatic heterocycles. The summed E-state index contributed by atoms with van der Waals surface area (Å²) in [5.41, 5.74) is 0.294. The van der Waals surface area contributed by atoms with Crippen LogP contribution in [0.4, 0.5) is 0 Å². The van der Waals surface area contributed by atoms with Crippen LogP contribution in [-0.2, 0) is 11.2 Å². The fourth-order valence-corrected chi connectivity index (χ4v) is 7.01. The Morgan fingerprint density at radius 1 is 0.648 bits per heavy atom. The van der Waals surface area contributed by atoms with Crippen LogP contribution in [-0.4, -0.2) is 78.4 Å². The molecule has 2 heterocycles. The lowest BCUT2D eigenvalue weighted by Gasteiger charge is -2.40. The zero-order valence-corrected chi connectivity index (χ0v) is 28.5. The van der Waals surface area contributed by atoms with E-state index in [0.717, 1.165) is 18.2 Å². The number of carbonyl (C=O) groups excluding carboxylic acids is 1. The number of aromatic hydroxyl groups is 8. The van der Waals surface area contributed by atoms with Crippen LogP contribution in [0.15, 0.2) is 72.8 Å². The van der Waals surface area contributed by atoms with Gasteiger partial charge < -0.3 is 69.6 Å². The number of rotatable bonds is 7. The molecule has 15 nitrogen and oxygen atoms in total. The van der Waals surface area contributed by atoms with Crippen LogP contribution in [0.3, 0.4) is 0 Å². The number of phenolic OH excluding ortho intramolecular Hbond substituents is 8. The zero-order chi connectivity index (χ0) is 38.6. The van der Waals surface area contributed by atoms with E-state index in [4.69, 9.17) is 23.7 Å². The number of hydrogen-bond acceptors (Lipinski definition) is 15. The second kappa shape index (κ2) is 13.6. The highest BCUT2D eigenvalue weighted by molar-refractivity contribution is 5.91. The van der Waals surface area contributed by atoms with E-state index in [1.54, 1.807) is 0 Å². The van der Waals surface area contributed by atoms with Crippen LogP contribution in [0.25, 0.3) is 0 Å². The fraction of sp³-hybridized carbons (Fsp3) is 0.205. The van der Waals surface area contributed by atoms with E-state index in [0.29, 0.717) is 5.56 Å². The van der Waals surface area contributed by atoms with Gasteiger partial charge in [0.1, 0.15) is 52.5 Å². The largest absolute Gasteiger partial charge is 0.508 e. The molecule has 5 atom stereocenters. The van der Waals surface area contributed by atoms with Crippen molar-refractivity contribution in [2.75, 3.05) is 14.2 Å². The van der Waals surface area contributed by atoms with E-state index < -0.39 is 70.8 Å². The maximum Gasteiger partial charge on any atom is 0.338 e. The van der Waals surface area contributed by atoms with Crippen LogP contribution >= 0.6 is 0 Å². The van der Waals surface area contributed by atoms with Crippen molar-refractivity contribution >= 4 is 5.97 Å². The van der Waals surface area contributed by atoms with E-state index >= 15 is 0 Å². The molecule has 7 rings (SSSR count). The van der Waals surface area contributed by atoms with Crippen LogP contribution in [0.1, 0.15) is 56.3 Å². The van der Waals surface area contributed by atoms with E-state index in [9.17, 15) is 50.8 Å². The van der Waals surface area contributed by atoms with Crippen molar-refractivity contribution < 1.29 is 74.4 Å². The molecule has 15 heteroatoms. The topological polar surface area (TPSA) is 245 Å². The normalized spacial score (nSPS) is 20.1. The first-order valence-electron chi connectivity index (χ1n) is 16.4. The SMILES string of the molecule is COc1cc(C(=O)O[C@@H]2Cc3c(O)cc(O)c(C4c5c(O)cc(O)cc5O[C@H](c5ccc(O)cc5)[C@@H]4O)c3O[C@@H]2c2ccc(O)c(O)c2)cc(O)c1OC. The van der Waals surface area contributed by atoms with Gasteiger partial charge in [-0.1, -0.05) is 18.2 Å². The minimum atomic E-state index is -1.58. The van der Waals surface area contributed by atoms with Crippen LogP contribution < -0.4 is 18.9 Å². The van der Waals surface area contributed by atoms with Gasteiger partial charge in [0.2, 0.25) is 5.75 Å². The second-order valence-electron chi connectivity index (χ2n) is 12.8. The number of fused-ring (bicyclic) bond motifs is 2. The number of carbonyl (C=O) groups is 1. The number of esters is 1. The van der Waals surface area contributed by atoms with Crippen molar-refractivity contribution in [1.29, 1.82) is 0 Å². The Bertz CT molecular complexity index is 2270. The third kappa shape index (κ3) is 6.09. The Hall–Kier alpha value is -6.87. The number of hydrogen-bond donors (Lipinski definition) is 9. The summed E-state index contributed by atoms with van der Waals surface area (Å²) in [6.07, 6.45) is -5.62. The highest BCUT2D eigenvalue weighted by Gasteiger charge is 2.47. The molecular formula is C39H34O15. The number of ether oxygens (including phenoxy) is 5. The second-order valence-corrected chi connectivity index (χ2v) is 12.8. The van der Waals surface area contributed by atoms with Gasteiger partial charge in [-0.3, -0.25) is 0 Å². The maximum absolute atomic E-state index is 13.6. The van der Waals surface area contributed by atoms with Crippen LogP contribution in [0.5, 0.6) is 69.0 Å². The van der Waals surface area contributed by atoms with Crippen LogP contribution in [0, 0.1) is 0 Å². The predicted molar refractivity (Wildman–Crippen MR) is 186 cm³/mol. The molecule has 0 radical (unpaired) electrons. The first kappa shape index (κ1) is 35.5. The van der Waals surface area contributed by atoms with Crippen molar-refractivity contribution in [2.45, 2.75) is 36.8 Å². The molecule has 0 aromatic heterocycles. The average Bonchev–Trinajstić information content (AvgIpc) is 3.13. The lowest BCUT2D eigenvalue weighted by Crippen LogP contribution is -2.38. The molecule has 0 amide bonds. The van der Waals surface area contributed by atoms with Gasteiger partial charge in [-0.05, 0) is 42.0 Å². The van der Waals surface area contributed by atoms with Gasteiger partial charge in [-0.2, -0.15) is 0 Å². The summed E-state index contributed by atoms with van der Waals surface area (Å²) in [7, 11) is 2.61. The molecule has 0 spiro atoms. The molecule has 9 N–H and O–H groups in total. The lowest BCUT2D eigenvalue weighted by atomic mass is 9.77. The van der Waals surface area contributed by atoms with E-state index in [-0.39, 0.29) is 68.7 Å². The van der Waals surface area contributed by atoms with Gasteiger partial charge in [0, 0.05) is 46.9 Å². The molecule has 0 saturated heterocycles. The quantitative estimate of drug-likeness (QED) is 0.0797. The summed E-state index contributed by atoms with van der Waals surface area (Å²) in [4.78, 5) is 13.6. The summed E-state index contributed by atoms with van der Waals surface area (Å²) < 4.78 is 28.9. The van der Waals surface area contributed by atoms with Crippen molar-refractivity contribution in [1.82, 2.24) is 0 Å². The Kier molecular flexibility index (Phi) is 8.95. The summed E-state index contributed by atoms with van der Waals surface area (Å²) in [6, 6.07) is 15.1. The molecule has 0 aliphatic carbocycles. The lowest BCUT2D eigenvalue weighted by molar-refractivity contribution is -0.0210. The van der Waals surface area contributed by atoms with Crippen molar-refractivity contribution in [2.24, 2.45) is 0 Å². The Balaban J connectivity index is 1.38. The van der Waals surface area contributed by atoms with Crippen molar-refractivity contribution in [3.63, 3.8) is 0 Å². The highest BCUT2D eigenvalue weighted by Crippen LogP contribution is 2.57. The Morgan fingerprint density at radius 3 is 2.04 bits per heavy atom. The summed E-state index contributed by atoms with van der Waals surface area (Å²) in [5, 5.41) is 97.3. The van der Waals surface area contributed by atoms with Gasteiger partial charge in [-0.15, -0.1) is 0 Å². The molecule has 0 fully saturated rings. The van der Waals surface area contributed by atoms with E-state index in [1.807, 2.05) is 0 Å². The molecule has 5 aromatic rings. The third-order valence-corrected chi connectivity index (χ3v) is 9.50. The number of methoxy groups -OCH3 is 2. The van der Waals surface area contributed by atoms with E-state index in [2.05, 4.69) is 0 Å². The molecule has 2 aliphatic rings. The van der Waals surface area contributed by atoms with Crippen molar-refractivity contribution in [3.05, 3.63) is 106 Å². The molecule has 1 unspecified atom stereocenters. The monoisotopic (exact) mass is 742 g/mol. The standard InChI is InChI=1S/C39H34O15/c1-50-29-11-18(10-27(47)38(29)51-2)39(49)53-30-14-21-23(43)15-26(46)32(37(21)54-35(30)17-5-8-22(42)24(44)9-17)33-31-25(45)12-20(41)13-28(31)52-36(34(33)48)16-3-6-19(40)7-4-16/h3-13,15,30,33-36,40-48H,14H2,1-2H3/t30-,33?,34-,35-,36-/m1/s1. The summed E-state index contributed by atoms with van der Waals surface area (Å²) in [6.45, 7) is 0. The van der Waals surface area contributed by atoms with Gasteiger partial charge in [-0.25, -0.2) is 4.79 Å². The molecule has 0 bridgehead atoms. The Labute approximate surface area is 306 Å². The first-order valence-corrected chi connectivity index (χ1v) is 16.4. The summed E-state index contributed by atoms with van der Waals surface area (Å²) in [5.74, 6) is -5.89. The Morgan fingerprint density at radius 2 is 1.35 bits per heavy atom. The average molecular weight is 743 g/mol. The third-order valence-electron chi connectivity index (χ3n) is 9.50. The number of aliphatic hydroxyl groups is 1. The number of benzene rings is 5. The molecular weight excluding hydrogens is 708 g/mol. The number of phenols is 8. The fourth-order valence-electron chi connectivity index (χ4n) is 7.01. The molecule has 280 valence electrons. The maximum atomic E-state index is 13.6. The molecule has 54 heavy (non-hydrogen) atoms. The first-order chi connectivity index (χ1) is 25.8. The highest BCUT2D eigenvalue weighted by atomic mass is 16.6. The predicted octanol–water partition coefficient (Wildman–Crippen LogP) is 4.88. The van der Waals surface area contributed by atoms with E-state index in [1.165, 1.54) is 68.8 Å². The van der Waals surface area contributed by atoms with Gasteiger partial charge in [0.15, 0.2) is 35.2 Å². The smallest absolute Gasteiger partial charge is 0.338 e. The minimum absolute atomic E-state index is 0.0229. The van der Waals surface area contributed by atoms with Gasteiger partial charge in [0.25, 0.3) is 0 Å². The van der Waals surface area contributed by atoms with Gasteiger partial charge >= 0.3 is 5.97 Å². The summed E-state index contributed by atoms with van der Waals surface area (Å²) >= 11 is 0. The number of aliphatic hydroxyl groups excluding tert-OH is 1. The van der Waals surface area contributed by atoms with Gasteiger partial charge in [0.05, 0.1) is 25.7 Å². The molecule has 5 aromatic carbocycles. The minimum Gasteiger partial charge on any atom is -0.508 e. The van der Waals surface area contributed by atoms with Crippen LogP contribution in [0.2, 0.25) is 0 Å². The zero-order valence-electron chi connectivity index (χ0n) is 28.5. The van der Waals surface area contributed by atoms with Crippen molar-refractivity contribution in [3.8, 4) is 69.0 Å². The molecule has 0 saturated carbocycles.